The van der Waals surface area contributed by atoms with E-state index in [0.717, 1.165) is 50.9 Å². The number of aromatic nitrogens is 1. The van der Waals surface area contributed by atoms with Crippen LogP contribution >= 0.6 is 0 Å². The van der Waals surface area contributed by atoms with Crippen LogP contribution in [0.15, 0.2) is 388 Å². The van der Waals surface area contributed by atoms with Crippen LogP contribution in [0.5, 0.6) is 5.75 Å². The van der Waals surface area contributed by atoms with Crippen molar-refractivity contribution in [2.24, 2.45) is 0 Å². The molecule has 0 saturated carbocycles. The van der Waals surface area contributed by atoms with E-state index in [2.05, 4.69) is 416 Å². The van der Waals surface area contributed by atoms with E-state index >= 15 is 0 Å². The third-order valence-corrected chi connectivity index (χ3v) is 24.5. The van der Waals surface area contributed by atoms with E-state index in [4.69, 9.17) is 0 Å². The SMILES string of the molecule is C[Si](C)(C)c1ccc(N(c2ccccc2)c2ccc3ccc4c(N(c5ccccc5)c5ccc([Si](C)(C)C)cc5)ccc5ccc2c3c54)cc1.[Li+].[O-]c1cccc2cccnc12.c1ccc(N(c2ccc(-c3ccc(N(c4ccccc4)c4cccc5ccccc45)cc3)cc2)c2cccc3ccccc23)cc1. The van der Waals surface area contributed by atoms with Gasteiger partial charge in [-0.15, -0.1) is 0 Å². The smallest absolute Gasteiger partial charge is 0.871 e. The molecule has 0 aliphatic carbocycles. The average Bonchev–Trinajstić information content (AvgIpc) is 0.720. The molecule has 1 heterocycles. The first-order valence-corrected chi connectivity index (χ1v) is 43.8. The summed E-state index contributed by atoms with van der Waals surface area (Å²) < 4.78 is 0. The molecule has 18 rings (SSSR count). The minimum Gasteiger partial charge on any atom is -0.871 e. The number of fused-ring (bicyclic) bond motifs is 3. The summed E-state index contributed by atoms with van der Waals surface area (Å²) >= 11 is 0. The number of anilines is 12. The van der Waals surface area contributed by atoms with Gasteiger partial charge in [0.2, 0.25) is 0 Å². The molecule has 1 aromatic heterocycles. The van der Waals surface area contributed by atoms with Crippen molar-refractivity contribution >= 4 is 160 Å². The molecule has 0 aliphatic heterocycles. The zero-order valence-corrected chi connectivity index (χ0v) is 64.1. The molecule has 0 spiro atoms. The van der Waals surface area contributed by atoms with Gasteiger partial charge in [-0.1, -0.05) is 310 Å². The largest absolute Gasteiger partial charge is 1.00 e. The third-order valence-electron chi connectivity index (χ3n) is 20.3. The zero-order chi connectivity index (χ0) is 73.0. The maximum Gasteiger partial charge on any atom is 1.00 e. The molecule has 0 unspecified atom stereocenters. The van der Waals surface area contributed by atoms with Gasteiger partial charge in [0, 0.05) is 73.2 Å². The molecule has 18 aromatic rings. The minimum absolute atomic E-state index is 0. The first-order chi connectivity index (χ1) is 52.3. The number of nitrogens with zero attached hydrogens (tertiary/aromatic N) is 5. The normalized spacial score (nSPS) is 11.4. The molecule has 17 aromatic carbocycles. The number of benzene rings is 17. The van der Waals surface area contributed by atoms with Crippen LogP contribution in [0.1, 0.15) is 0 Å². The van der Waals surface area contributed by atoms with Gasteiger partial charge in [0.15, 0.2) is 0 Å². The van der Waals surface area contributed by atoms with Gasteiger partial charge in [-0.25, -0.2) is 0 Å². The predicted octanol–water partition coefficient (Wildman–Crippen LogP) is 23.5. The van der Waals surface area contributed by atoms with E-state index in [1.165, 1.54) is 104 Å². The molecular weight excluding hydrogens is 1340 g/mol. The molecular formula is C99H82LiN5OSi2. The molecule has 9 heteroatoms. The molecule has 0 fully saturated rings. The first kappa shape index (κ1) is 71.4. The van der Waals surface area contributed by atoms with Crippen LogP contribution in [-0.2, 0) is 0 Å². The van der Waals surface area contributed by atoms with Gasteiger partial charge >= 0.3 is 18.9 Å². The summed E-state index contributed by atoms with van der Waals surface area (Å²) in [4.78, 5) is 13.5. The Labute approximate surface area is 647 Å². The second-order valence-electron chi connectivity index (χ2n) is 29.3. The van der Waals surface area contributed by atoms with Crippen LogP contribution in [-0.4, -0.2) is 21.1 Å². The van der Waals surface area contributed by atoms with Gasteiger partial charge < -0.3 is 24.7 Å². The first-order valence-electron chi connectivity index (χ1n) is 36.8. The van der Waals surface area contributed by atoms with Crippen molar-refractivity contribution in [3.8, 4) is 16.9 Å². The minimum atomic E-state index is -1.43. The zero-order valence-electron chi connectivity index (χ0n) is 62.1. The van der Waals surface area contributed by atoms with Gasteiger partial charge in [0.25, 0.3) is 0 Å². The van der Waals surface area contributed by atoms with Crippen molar-refractivity contribution in [1.29, 1.82) is 0 Å². The average molecular weight is 1420 g/mol. The number of pyridine rings is 1. The molecule has 108 heavy (non-hydrogen) atoms. The molecule has 6 nitrogen and oxygen atoms in total. The van der Waals surface area contributed by atoms with Crippen molar-refractivity contribution in [3.05, 3.63) is 388 Å². The summed E-state index contributed by atoms with van der Waals surface area (Å²) in [5.41, 5.74) is 16.8. The Bertz CT molecular complexity index is 5750. The van der Waals surface area contributed by atoms with Gasteiger partial charge in [-0.2, -0.15) is 0 Å². The summed E-state index contributed by atoms with van der Waals surface area (Å²) in [6, 6.07) is 137. The number of hydrogen-bond acceptors (Lipinski definition) is 6. The summed E-state index contributed by atoms with van der Waals surface area (Å²) in [5, 5.41) is 27.5. The summed E-state index contributed by atoms with van der Waals surface area (Å²) in [7, 11) is -2.87. The standard InChI is InChI=1S/C46H44N2Si2.C44H32N2.C9H7NO.Li/c1-49(2,3)39-25-21-37(22-26-39)47(35-13-9-7-10-14-35)43-31-19-33-18-30-42-44(32-20-34-17-29-41(43)45(33)46(34)42)48(36-15-11-8-12-16-36)38-23-27-40(28-24-38)50(4,5)6;1-3-17-37(18-4-1)45(43-23-11-15-35-13-7-9-21-41(35)43)39-29-25-33(26-30-39)34-27-31-40(32-28-34)46(38-19-5-2-6-20-38)44-24-12-16-36-14-8-10-22-42(36)44;11-8-5-1-3-7-4-2-6-10-9(7)8;/h7-32H,1-6H3;1-32H;1-6,11H;/q;;;+1/p-1. The molecule has 0 bridgehead atoms. The van der Waals surface area contributed by atoms with Gasteiger partial charge in [0.05, 0.1) is 44.4 Å². The van der Waals surface area contributed by atoms with Gasteiger partial charge in [0.1, 0.15) is 0 Å². The molecule has 0 amide bonds. The second kappa shape index (κ2) is 31.1. The Morgan fingerprint density at radius 1 is 0.231 bits per heavy atom. The van der Waals surface area contributed by atoms with E-state index in [-0.39, 0.29) is 24.6 Å². The summed E-state index contributed by atoms with van der Waals surface area (Å²) in [6.07, 6.45) is 1.63. The van der Waals surface area contributed by atoms with Crippen molar-refractivity contribution in [1.82, 2.24) is 4.98 Å². The fraction of sp³-hybridized carbons (Fsp3) is 0.0606. The maximum atomic E-state index is 11.1. The molecule has 0 saturated heterocycles. The van der Waals surface area contributed by atoms with E-state index in [1.54, 1.807) is 12.3 Å². The van der Waals surface area contributed by atoms with Crippen molar-refractivity contribution in [2.75, 3.05) is 19.6 Å². The van der Waals surface area contributed by atoms with Crippen LogP contribution in [0.4, 0.5) is 68.2 Å². The third kappa shape index (κ3) is 14.6. The molecule has 0 N–H and O–H groups in total. The Balaban J connectivity index is 0.000000150. The van der Waals surface area contributed by atoms with Crippen molar-refractivity contribution < 1.29 is 24.0 Å². The van der Waals surface area contributed by atoms with Crippen LogP contribution in [0, 0.1) is 0 Å². The summed E-state index contributed by atoms with van der Waals surface area (Å²) in [5.74, 6) is -0.0110. The Morgan fingerprint density at radius 3 is 0.880 bits per heavy atom. The van der Waals surface area contributed by atoms with Crippen LogP contribution < -0.4 is 53.9 Å². The molecule has 0 aliphatic rings. The van der Waals surface area contributed by atoms with Gasteiger partial charge in [-0.3, -0.25) is 4.98 Å². The number of rotatable bonds is 15. The molecule has 0 radical (unpaired) electrons. The van der Waals surface area contributed by atoms with Crippen molar-refractivity contribution in [2.45, 2.75) is 39.3 Å². The number of para-hydroxylation sites is 5. The van der Waals surface area contributed by atoms with E-state index in [1.807, 2.05) is 18.2 Å². The fourth-order valence-corrected chi connectivity index (χ4v) is 17.2. The fourth-order valence-electron chi connectivity index (χ4n) is 14.9. The Hall–Kier alpha value is -12.3. The van der Waals surface area contributed by atoms with Gasteiger partial charge in [-0.05, 0) is 176 Å². The van der Waals surface area contributed by atoms with Crippen LogP contribution in [0.2, 0.25) is 39.3 Å². The molecule has 0 atom stereocenters. The summed E-state index contributed by atoms with van der Waals surface area (Å²) in [6.45, 7) is 14.5. The van der Waals surface area contributed by atoms with E-state index in [0.29, 0.717) is 5.52 Å². The van der Waals surface area contributed by atoms with Crippen molar-refractivity contribution in [3.63, 3.8) is 0 Å². The van der Waals surface area contributed by atoms with E-state index in [9.17, 15) is 5.11 Å². The maximum absolute atomic E-state index is 11.1. The van der Waals surface area contributed by atoms with E-state index < -0.39 is 16.1 Å². The second-order valence-corrected chi connectivity index (χ2v) is 39.4. The van der Waals surface area contributed by atoms with Crippen LogP contribution in [0.3, 0.4) is 0 Å². The van der Waals surface area contributed by atoms with Crippen LogP contribution in [0.25, 0.3) is 75.9 Å². The Morgan fingerprint density at radius 2 is 0.519 bits per heavy atom. The predicted molar refractivity (Wildman–Crippen MR) is 463 cm³/mol. The quantitative estimate of drug-likeness (QED) is 0.0753. The molecule has 518 valence electrons. The topological polar surface area (TPSA) is 48.9 Å². The number of hydrogen-bond donors (Lipinski definition) is 0. The Kier molecular flexibility index (Phi) is 20.5. The monoisotopic (exact) mass is 1420 g/mol.